The topological polar surface area (TPSA) is 54.9 Å². The molecule has 1 amide bonds. The van der Waals surface area contributed by atoms with Gasteiger partial charge in [0.05, 0.1) is 11.4 Å². The molecule has 96 valence electrons. The van der Waals surface area contributed by atoms with E-state index < -0.39 is 0 Å². The first kappa shape index (κ1) is 13.2. The van der Waals surface area contributed by atoms with E-state index in [0.29, 0.717) is 12.2 Å². The van der Waals surface area contributed by atoms with E-state index >= 15 is 0 Å². The number of benzene rings is 1. The Morgan fingerprint density at radius 1 is 1.32 bits per heavy atom. The largest absolute Gasteiger partial charge is 0.340 e. The van der Waals surface area contributed by atoms with Gasteiger partial charge in [0, 0.05) is 6.42 Å². The molecule has 2 rings (SSSR count). The second-order valence-corrected chi connectivity index (χ2v) is 4.46. The lowest BCUT2D eigenvalue weighted by molar-refractivity contribution is 0.0954. The quantitative estimate of drug-likeness (QED) is 0.872. The fourth-order valence-electron chi connectivity index (χ4n) is 1.51. The summed E-state index contributed by atoms with van der Waals surface area (Å²) < 4.78 is 3.86. The second-order valence-electron chi connectivity index (χ2n) is 3.71. The van der Waals surface area contributed by atoms with Crippen molar-refractivity contribution in [2.24, 2.45) is 0 Å². The van der Waals surface area contributed by atoms with Gasteiger partial charge in [0.2, 0.25) is 0 Å². The van der Waals surface area contributed by atoms with Crippen molar-refractivity contribution >= 4 is 17.4 Å². The van der Waals surface area contributed by atoms with E-state index in [4.69, 9.17) is 0 Å². The molecule has 2 aromatic rings. The number of aromatic nitrogens is 2. The molecule has 0 radical (unpaired) electrons. The van der Waals surface area contributed by atoms with E-state index in [1.165, 1.54) is 11.5 Å². The van der Waals surface area contributed by atoms with Crippen LogP contribution in [0.15, 0.2) is 30.3 Å². The molecular formula is C14H13N3OS. The number of nitrogens with zero attached hydrogens (tertiary/aromatic N) is 2. The van der Waals surface area contributed by atoms with Crippen molar-refractivity contribution in [1.29, 1.82) is 0 Å². The highest BCUT2D eigenvalue weighted by molar-refractivity contribution is 7.09. The van der Waals surface area contributed by atoms with Crippen molar-refractivity contribution in [3.05, 3.63) is 36.0 Å². The van der Waals surface area contributed by atoms with E-state index in [0.717, 1.165) is 16.9 Å². The molecule has 1 heterocycles. The van der Waals surface area contributed by atoms with Crippen LogP contribution in [-0.4, -0.2) is 22.0 Å². The smallest absolute Gasteiger partial charge is 0.274 e. The third kappa shape index (κ3) is 3.39. The van der Waals surface area contributed by atoms with Gasteiger partial charge in [-0.15, -0.1) is 11.0 Å². The van der Waals surface area contributed by atoms with Crippen molar-refractivity contribution in [3.63, 3.8) is 0 Å². The van der Waals surface area contributed by atoms with E-state index in [1.807, 2.05) is 37.3 Å². The van der Waals surface area contributed by atoms with Gasteiger partial charge >= 0.3 is 0 Å². The van der Waals surface area contributed by atoms with Gasteiger partial charge in [-0.3, -0.25) is 4.79 Å². The van der Waals surface area contributed by atoms with Crippen LogP contribution in [0.4, 0.5) is 0 Å². The number of carbonyl (C=O) groups excluding carboxylic acids is 1. The Hall–Kier alpha value is -2.19. The Morgan fingerprint density at radius 2 is 2.11 bits per heavy atom. The maximum atomic E-state index is 12.0. The molecular weight excluding hydrogens is 258 g/mol. The minimum absolute atomic E-state index is 0.238. The Kier molecular flexibility index (Phi) is 4.65. The fourth-order valence-corrected chi connectivity index (χ4v) is 2.18. The van der Waals surface area contributed by atoms with Crippen LogP contribution < -0.4 is 5.32 Å². The summed E-state index contributed by atoms with van der Waals surface area (Å²) in [5.41, 5.74) is 1.30. The maximum absolute atomic E-state index is 12.0. The van der Waals surface area contributed by atoms with Gasteiger partial charge in [-0.1, -0.05) is 47.7 Å². The van der Waals surface area contributed by atoms with Gasteiger partial charge in [-0.05, 0) is 17.1 Å². The molecule has 19 heavy (non-hydrogen) atoms. The monoisotopic (exact) mass is 271 g/mol. The van der Waals surface area contributed by atoms with Crippen LogP contribution >= 0.6 is 11.5 Å². The predicted molar refractivity (Wildman–Crippen MR) is 75.7 cm³/mol. The molecule has 0 saturated heterocycles. The summed E-state index contributed by atoms with van der Waals surface area (Å²) in [4.78, 5) is 12.8. The van der Waals surface area contributed by atoms with Crippen LogP contribution in [0.2, 0.25) is 0 Å². The first-order chi connectivity index (χ1) is 9.33. The van der Waals surface area contributed by atoms with Gasteiger partial charge in [-0.2, -0.15) is 0 Å². The molecule has 4 nitrogen and oxygen atoms in total. The molecule has 0 bridgehead atoms. The van der Waals surface area contributed by atoms with Gasteiger partial charge in [0.1, 0.15) is 0 Å². The summed E-state index contributed by atoms with van der Waals surface area (Å²) in [5.74, 6) is 5.52. The molecule has 0 unspecified atom stereocenters. The van der Waals surface area contributed by atoms with Crippen LogP contribution in [0.5, 0.6) is 0 Å². The second kappa shape index (κ2) is 6.66. The maximum Gasteiger partial charge on any atom is 0.274 e. The van der Waals surface area contributed by atoms with Crippen molar-refractivity contribution in [2.45, 2.75) is 13.3 Å². The van der Waals surface area contributed by atoms with Gasteiger partial charge in [0.15, 0.2) is 5.69 Å². The summed E-state index contributed by atoms with van der Waals surface area (Å²) in [6, 6.07) is 9.64. The van der Waals surface area contributed by atoms with E-state index in [2.05, 4.69) is 26.7 Å². The zero-order valence-corrected chi connectivity index (χ0v) is 11.3. The fraction of sp³-hybridized carbons (Fsp3) is 0.214. The Bertz CT molecular complexity index is 610. The lowest BCUT2D eigenvalue weighted by Gasteiger charge is -2.01. The van der Waals surface area contributed by atoms with Crippen LogP contribution in [0.3, 0.4) is 0 Å². The van der Waals surface area contributed by atoms with Gasteiger partial charge in [0.25, 0.3) is 5.91 Å². The highest BCUT2D eigenvalue weighted by Gasteiger charge is 2.16. The summed E-state index contributed by atoms with van der Waals surface area (Å²) >= 11 is 1.22. The molecule has 0 atom stereocenters. The molecule has 1 N–H and O–H groups in total. The van der Waals surface area contributed by atoms with Gasteiger partial charge in [-0.25, -0.2) is 0 Å². The average Bonchev–Trinajstić information content (AvgIpc) is 2.94. The summed E-state index contributed by atoms with van der Waals surface area (Å²) in [7, 11) is 0. The van der Waals surface area contributed by atoms with Crippen LogP contribution in [0.1, 0.15) is 23.8 Å². The summed E-state index contributed by atoms with van der Waals surface area (Å²) in [6.45, 7) is 2.30. The molecule has 1 aromatic heterocycles. The number of nitrogens with one attached hydrogen (secondary N) is 1. The van der Waals surface area contributed by atoms with Crippen molar-refractivity contribution in [1.82, 2.24) is 14.9 Å². The minimum Gasteiger partial charge on any atom is -0.340 e. The molecule has 1 aromatic carbocycles. The lowest BCUT2D eigenvalue weighted by Crippen LogP contribution is -2.24. The first-order valence-electron chi connectivity index (χ1n) is 5.94. The molecule has 5 heteroatoms. The Labute approximate surface area is 116 Å². The normalized spacial score (nSPS) is 9.53. The van der Waals surface area contributed by atoms with Gasteiger partial charge < -0.3 is 5.32 Å². The zero-order valence-electron chi connectivity index (χ0n) is 10.5. The average molecular weight is 271 g/mol. The van der Waals surface area contributed by atoms with Crippen LogP contribution in [0.25, 0.3) is 10.4 Å². The summed E-state index contributed by atoms with van der Waals surface area (Å²) in [5, 5.41) is 6.62. The standard InChI is InChI=1S/C14H13N3OS/c1-2-3-7-10-15-14(18)12-13(19-17-16-12)11-8-5-4-6-9-11/h4-6,8-9H,2,10H2,1H3,(H,15,18). The number of hydrogen-bond acceptors (Lipinski definition) is 4. The highest BCUT2D eigenvalue weighted by Crippen LogP contribution is 2.25. The molecule has 0 spiro atoms. The summed E-state index contributed by atoms with van der Waals surface area (Å²) in [6.07, 6.45) is 0.781. The lowest BCUT2D eigenvalue weighted by atomic mass is 10.1. The van der Waals surface area contributed by atoms with Crippen LogP contribution in [0, 0.1) is 11.8 Å². The zero-order chi connectivity index (χ0) is 13.5. The van der Waals surface area contributed by atoms with Crippen LogP contribution in [-0.2, 0) is 0 Å². The van der Waals surface area contributed by atoms with E-state index in [1.54, 1.807) is 0 Å². The van der Waals surface area contributed by atoms with Crippen molar-refractivity contribution in [3.8, 4) is 22.3 Å². The molecule has 0 aliphatic rings. The number of rotatable bonds is 3. The minimum atomic E-state index is -0.238. The van der Waals surface area contributed by atoms with Crippen molar-refractivity contribution in [2.75, 3.05) is 6.54 Å². The third-order valence-corrected chi connectivity index (χ3v) is 3.15. The predicted octanol–water partition coefficient (Wildman–Crippen LogP) is 2.35. The SMILES string of the molecule is CCC#CCNC(=O)c1nnsc1-c1ccccc1. The first-order valence-corrected chi connectivity index (χ1v) is 6.72. The van der Waals surface area contributed by atoms with E-state index in [9.17, 15) is 4.79 Å². The number of hydrogen-bond donors (Lipinski definition) is 1. The third-order valence-electron chi connectivity index (χ3n) is 2.38. The number of carbonyl (C=O) groups is 1. The Balaban J connectivity index is 2.14. The van der Waals surface area contributed by atoms with Crippen molar-refractivity contribution < 1.29 is 4.79 Å². The molecule has 0 aliphatic carbocycles. The number of amides is 1. The molecule has 0 fully saturated rings. The highest BCUT2D eigenvalue weighted by atomic mass is 32.1. The molecule has 0 saturated carbocycles. The molecule has 0 aliphatic heterocycles. The van der Waals surface area contributed by atoms with E-state index in [-0.39, 0.29) is 5.91 Å². The Morgan fingerprint density at radius 3 is 2.84 bits per heavy atom.